The van der Waals surface area contributed by atoms with Crippen molar-refractivity contribution in [3.63, 3.8) is 0 Å². The highest BCUT2D eigenvalue weighted by atomic mass is 35.5. The number of hydrogen-bond acceptors (Lipinski definition) is 2. The zero-order chi connectivity index (χ0) is 18.4. The highest BCUT2D eigenvalue weighted by Gasteiger charge is 2.43. The molecule has 3 nitrogen and oxygen atoms in total. The second-order valence-corrected chi connectivity index (χ2v) is 7.51. The molecule has 0 aliphatic carbocycles. The van der Waals surface area contributed by atoms with Gasteiger partial charge in [-0.05, 0) is 61.4 Å². The summed E-state index contributed by atoms with van der Waals surface area (Å²) in [5, 5.41) is 9.30. The first-order valence-corrected chi connectivity index (χ1v) is 9.08. The van der Waals surface area contributed by atoms with Gasteiger partial charge in [0.25, 0.3) is 5.91 Å². The molecule has 2 aromatic carbocycles. The van der Waals surface area contributed by atoms with Gasteiger partial charge in [0.2, 0.25) is 0 Å². The Morgan fingerprint density at radius 2 is 1.69 bits per heavy atom. The molecule has 3 atom stereocenters. The van der Waals surface area contributed by atoms with E-state index < -0.39 is 11.6 Å². The minimum atomic E-state index is -0.894. The van der Waals surface area contributed by atoms with Gasteiger partial charge in [-0.2, -0.15) is 0 Å². The summed E-state index contributed by atoms with van der Waals surface area (Å²) in [6.07, 6.45) is 3.43. The van der Waals surface area contributed by atoms with Crippen molar-refractivity contribution in [1.82, 2.24) is 4.90 Å². The lowest BCUT2D eigenvalue weighted by molar-refractivity contribution is 0.0571. The van der Waals surface area contributed by atoms with E-state index in [1.54, 1.807) is 0 Å². The van der Waals surface area contributed by atoms with Crippen LogP contribution in [0.4, 0.5) is 8.78 Å². The number of aromatic hydroxyl groups is 1. The Labute approximate surface area is 155 Å². The van der Waals surface area contributed by atoms with Crippen LogP contribution in [0.3, 0.4) is 0 Å². The van der Waals surface area contributed by atoms with Crippen LogP contribution in [0, 0.1) is 11.6 Å². The zero-order valence-electron chi connectivity index (χ0n) is 14.0. The Kier molecular flexibility index (Phi) is 4.35. The second kappa shape index (κ2) is 6.54. The van der Waals surface area contributed by atoms with E-state index in [1.807, 2.05) is 17.0 Å². The molecule has 4 rings (SSSR count). The summed E-state index contributed by atoms with van der Waals surface area (Å²) < 4.78 is 26.9. The van der Waals surface area contributed by atoms with E-state index in [9.17, 15) is 18.7 Å². The number of nitrogens with zero attached hydrogens (tertiary/aromatic N) is 1. The predicted octanol–water partition coefficient (Wildman–Crippen LogP) is 4.87. The van der Waals surface area contributed by atoms with E-state index in [0.717, 1.165) is 37.3 Å². The van der Waals surface area contributed by atoms with Gasteiger partial charge >= 0.3 is 0 Å². The van der Waals surface area contributed by atoms with Gasteiger partial charge in [0.1, 0.15) is 5.82 Å². The molecule has 1 N–H and O–H groups in total. The number of phenols is 1. The molecule has 2 saturated heterocycles. The molecule has 1 amide bonds. The summed E-state index contributed by atoms with van der Waals surface area (Å²) >= 11 is 5.82. The van der Waals surface area contributed by atoms with Crippen LogP contribution in [0.2, 0.25) is 5.02 Å². The molecule has 6 heteroatoms. The molecule has 26 heavy (non-hydrogen) atoms. The van der Waals surface area contributed by atoms with E-state index in [-0.39, 0.29) is 40.3 Å². The maximum Gasteiger partial charge on any atom is 0.254 e. The van der Waals surface area contributed by atoms with Crippen molar-refractivity contribution < 1.29 is 18.7 Å². The molecule has 2 fully saturated rings. The number of carbonyl (C=O) groups excluding carboxylic acids is 1. The van der Waals surface area contributed by atoms with Crippen molar-refractivity contribution in [3.05, 3.63) is 64.2 Å². The molecule has 2 heterocycles. The van der Waals surface area contributed by atoms with Crippen molar-refractivity contribution in [1.29, 1.82) is 0 Å². The topological polar surface area (TPSA) is 40.5 Å². The predicted molar refractivity (Wildman–Crippen MR) is 94.4 cm³/mol. The minimum absolute atomic E-state index is 0.0759. The molecule has 2 aromatic rings. The molecule has 0 spiro atoms. The van der Waals surface area contributed by atoms with E-state index in [0.29, 0.717) is 0 Å². The summed E-state index contributed by atoms with van der Waals surface area (Å²) in [7, 11) is 0. The lowest BCUT2D eigenvalue weighted by Gasteiger charge is -2.39. The molecule has 136 valence electrons. The zero-order valence-corrected chi connectivity index (χ0v) is 14.7. The smallest absolute Gasteiger partial charge is 0.254 e. The van der Waals surface area contributed by atoms with Crippen molar-refractivity contribution in [2.45, 2.75) is 43.7 Å². The fraction of sp³-hybridized carbons (Fsp3) is 0.350. The van der Waals surface area contributed by atoms with Gasteiger partial charge in [-0.3, -0.25) is 4.79 Å². The van der Waals surface area contributed by atoms with Gasteiger partial charge in [-0.1, -0.05) is 23.7 Å². The monoisotopic (exact) mass is 377 g/mol. The highest BCUT2D eigenvalue weighted by molar-refractivity contribution is 6.32. The fourth-order valence-electron chi connectivity index (χ4n) is 4.35. The maximum absolute atomic E-state index is 13.8. The summed E-state index contributed by atoms with van der Waals surface area (Å²) in [6.45, 7) is 0. The Bertz CT molecular complexity index is 818. The van der Waals surface area contributed by atoms with Gasteiger partial charge in [0, 0.05) is 17.6 Å². The molecule has 0 aromatic heterocycles. The third kappa shape index (κ3) is 2.94. The summed E-state index contributed by atoms with van der Waals surface area (Å²) in [6, 6.07) is 9.06. The van der Waals surface area contributed by atoms with Gasteiger partial charge in [0.15, 0.2) is 11.6 Å². The minimum Gasteiger partial charge on any atom is -0.504 e. The standard InChI is InChI=1S/C20H18ClF2NO2/c21-17-9-13(10-18(23)19(17)25)20(26)24-15-5-6-16(24)8-12(7-15)11-1-3-14(22)4-2-11/h1-4,9-10,12,15-16,25H,5-8H2/t12-,15+,16-. The first kappa shape index (κ1) is 17.3. The Morgan fingerprint density at radius 1 is 1.08 bits per heavy atom. The van der Waals surface area contributed by atoms with E-state index in [1.165, 1.54) is 18.2 Å². The third-order valence-electron chi connectivity index (χ3n) is 5.57. The number of carbonyl (C=O) groups is 1. The number of amides is 1. The normalized spacial score (nSPS) is 24.7. The van der Waals surface area contributed by atoms with Crippen molar-refractivity contribution in [2.75, 3.05) is 0 Å². The Balaban J connectivity index is 1.56. The number of piperidine rings is 1. The van der Waals surface area contributed by atoms with Crippen LogP contribution in [0.1, 0.15) is 47.5 Å². The van der Waals surface area contributed by atoms with Gasteiger partial charge in [-0.15, -0.1) is 0 Å². The first-order chi connectivity index (χ1) is 12.4. The number of rotatable bonds is 2. The molecule has 2 aliphatic rings. The number of halogens is 3. The number of benzene rings is 2. The summed E-state index contributed by atoms with van der Waals surface area (Å²) in [5.74, 6) is -1.75. The molecular formula is C20H18ClF2NO2. The molecule has 2 aliphatic heterocycles. The Hall–Kier alpha value is -2.14. The molecule has 0 saturated carbocycles. The summed E-state index contributed by atoms with van der Waals surface area (Å²) in [5.41, 5.74) is 1.25. The van der Waals surface area contributed by atoms with E-state index in [4.69, 9.17) is 11.6 Å². The summed E-state index contributed by atoms with van der Waals surface area (Å²) in [4.78, 5) is 14.8. The van der Waals surface area contributed by atoms with Crippen molar-refractivity contribution in [3.8, 4) is 5.75 Å². The van der Waals surface area contributed by atoms with Crippen LogP contribution in [0.25, 0.3) is 0 Å². The number of phenolic OH excluding ortho intramolecular Hbond substituents is 1. The van der Waals surface area contributed by atoms with Crippen LogP contribution < -0.4 is 0 Å². The maximum atomic E-state index is 13.8. The molecular weight excluding hydrogens is 360 g/mol. The number of fused-ring (bicyclic) bond motifs is 2. The fourth-order valence-corrected chi connectivity index (χ4v) is 4.56. The molecule has 2 bridgehead atoms. The average Bonchev–Trinajstić information content (AvgIpc) is 2.88. The Morgan fingerprint density at radius 3 is 2.27 bits per heavy atom. The highest BCUT2D eigenvalue weighted by Crippen LogP contribution is 2.44. The average molecular weight is 378 g/mol. The van der Waals surface area contributed by atoms with Crippen molar-refractivity contribution in [2.24, 2.45) is 0 Å². The number of hydrogen-bond donors (Lipinski definition) is 1. The van der Waals surface area contributed by atoms with Crippen LogP contribution >= 0.6 is 11.6 Å². The van der Waals surface area contributed by atoms with Crippen LogP contribution in [-0.4, -0.2) is 28.0 Å². The van der Waals surface area contributed by atoms with Gasteiger partial charge in [-0.25, -0.2) is 8.78 Å². The van der Waals surface area contributed by atoms with Crippen LogP contribution in [-0.2, 0) is 0 Å². The second-order valence-electron chi connectivity index (χ2n) is 7.11. The first-order valence-electron chi connectivity index (χ1n) is 8.70. The lowest BCUT2D eigenvalue weighted by atomic mass is 9.85. The largest absolute Gasteiger partial charge is 0.504 e. The van der Waals surface area contributed by atoms with Crippen LogP contribution in [0.5, 0.6) is 5.75 Å². The molecule has 0 radical (unpaired) electrons. The van der Waals surface area contributed by atoms with Gasteiger partial charge < -0.3 is 10.0 Å². The van der Waals surface area contributed by atoms with Gasteiger partial charge in [0.05, 0.1) is 5.02 Å². The molecule has 0 unspecified atom stereocenters. The lowest BCUT2D eigenvalue weighted by Crippen LogP contribution is -2.46. The van der Waals surface area contributed by atoms with Crippen LogP contribution in [0.15, 0.2) is 36.4 Å². The van der Waals surface area contributed by atoms with E-state index in [2.05, 4.69) is 0 Å². The van der Waals surface area contributed by atoms with E-state index >= 15 is 0 Å². The third-order valence-corrected chi connectivity index (χ3v) is 5.86. The SMILES string of the molecule is O=C(c1cc(F)c(O)c(Cl)c1)N1[C@@H]2CC[C@H]1C[C@@H](c1ccc(F)cc1)C2. The quantitative estimate of drug-likeness (QED) is 0.810. The van der Waals surface area contributed by atoms with Crippen molar-refractivity contribution >= 4 is 17.5 Å².